The molecule has 118 valence electrons. The van der Waals surface area contributed by atoms with E-state index in [2.05, 4.69) is 0 Å². The zero-order valence-electron chi connectivity index (χ0n) is 11.7. The van der Waals surface area contributed by atoms with E-state index in [1.807, 2.05) is 0 Å². The van der Waals surface area contributed by atoms with E-state index in [-0.39, 0.29) is 4.90 Å². The van der Waals surface area contributed by atoms with Crippen LogP contribution in [0.1, 0.15) is 5.56 Å². The molecule has 0 atom stereocenters. The Balaban J connectivity index is 2.09. The average Bonchev–Trinajstić information content (AvgIpc) is 2.81. The Morgan fingerprint density at radius 3 is 2.70 bits per heavy atom. The van der Waals surface area contributed by atoms with E-state index >= 15 is 0 Å². The van der Waals surface area contributed by atoms with Crippen LogP contribution in [0.3, 0.4) is 0 Å². The number of halogens is 1. The maximum atomic E-state index is 12.0. The SMILES string of the molecule is O=C(O)COc1ccc(Cl)cc1-c1ccc2c(c1)S(=O)(=O)C=C2. The van der Waals surface area contributed by atoms with Crippen molar-refractivity contribution in [3.05, 3.63) is 52.4 Å². The summed E-state index contributed by atoms with van der Waals surface area (Å²) in [7, 11) is -3.43. The fourth-order valence-electron chi connectivity index (χ4n) is 2.32. The van der Waals surface area contributed by atoms with Crippen molar-refractivity contribution in [3.63, 3.8) is 0 Å². The molecule has 1 heterocycles. The lowest BCUT2D eigenvalue weighted by atomic mass is 10.0. The average molecular weight is 351 g/mol. The summed E-state index contributed by atoms with van der Waals surface area (Å²) in [5, 5.41) is 10.3. The molecule has 5 nitrogen and oxygen atoms in total. The van der Waals surface area contributed by atoms with Crippen LogP contribution in [0.25, 0.3) is 17.2 Å². The van der Waals surface area contributed by atoms with Crippen LogP contribution in [0.5, 0.6) is 5.75 Å². The lowest BCUT2D eigenvalue weighted by Crippen LogP contribution is -2.10. The molecule has 0 spiro atoms. The quantitative estimate of drug-likeness (QED) is 0.915. The summed E-state index contributed by atoms with van der Waals surface area (Å²) in [6, 6.07) is 9.70. The Hall–Kier alpha value is -2.31. The molecule has 2 aromatic carbocycles. The molecular formula is C16H11ClO5S. The van der Waals surface area contributed by atoms with Crippen LogP contribution < -0.4 is 4.74 Å². The normalized spacial score (nSPS) is 14.5. The van der Waals surface area contributed by atoms with Gasteiger partial charge in [0, 0.05) is 16.0 Å². The van der Waals surface area contributed by atoms with Gasteiger partial charge in [0.2, 0.25) is 0 Å². The van der Waals surface area contributed by atoms with Crippen LogP contribution in [0, 0.1) is 0 Å². The van der Waals surface area contributed by atoms with E-state index in [0.717, 1.165) is 5.41 Å². The summed E-state index contributed by atoms with van der Waals surface area (Å²) in [5.41, 5.74) is 1.73. The van der Waals surface area contributed by atoms with Crippen molar-refractivity contribution >= 4 is 33.5 Å². The second-order valence-electron chi connectivity index (χ2n) is 4.92. The number of carboxylic acid groups (broad SMARTS) is 1. The molecule has 1 aliphatic heterocycles. The molecule has 0 aliphatic carbocycles. The summed E-state index contributed by atoms with van der Waals surface area (Å²) in [6.45, 7) is -0.501. The molecule has 0 bridgehead atoms. The van der Waals surface area contributed by atoms with E-state index in [4.69, 9.17) is 21.4 Å². The van der Waals surface area contributed by atoms with E-state index in [1.54, 1.807) is 30.3 Å². The number of carbonyl (C=O) groups is 1. The fraction of sp³-hybridized carbons (Fsp3) is 0.0625. The predicted octanol–water partition coefficient (Wildman–Crippen LogP) is 3.23. The van der Waals surface area contributed by atoms with Crippen LogP contribution in [0.2, 0.25) is 5.02 Å². The van der Waals surface area contributed by atoms with Gasteiger partial charge in [0.05, 0.1) is 4.90 Å². The number of hydrogen-bond donors (Lipinski definition) is 1. The highest BCUT2D eigenvalue weighted by atomic mass is 35.5. The standard InChI is InChI=1S/C16H11ClO5S/c17-12-3-4-14(22-9-16(18)19)13(8-12)11-2-1-10-5-6-23(20,21)15(10)7-11/h1-8H,9H2,(H,18,19). The highest BCUT2D eigenvalue weighted by Crippen LogP contribution is 2.36. The highest BCUT2D eigenvalue weighted by Gasteiger charge is 2.22. The van der Waals surface area contributed by atoms with Crippen molar-refractivity contribution in [1.29, 1.82) is 0 Å². The summed E-state index contributed by atoms with van der Waals surface area (Å²) in [6.07, 6.45) is 1.54. The molecule has 0 amide bonds. The van der Waals surface area contributed by atoms with Crippen LogP contribution in [0.15, 0.2) is 46.7 Å². The van der Waals surface area contributed by atoms with Crippen molar-refractivity contribution in [1.82, 2.24) is 0 Å². The molecule has 0 unspecified atom stereocenters. The first-order chi connectivity index (χ1) is 10.9. The third-order valence-electron chi connectivity index (χ3n) is 3.35. The minimum absolute atomic E-state index is 0.208. The minimum atomic E-state index is -3.43. The summed E-state index contributed by atoms with van der Waals surface area (Å²) < 4.78 is 29.2. The first-order valence-electron chi connectivity index (χ1n) is 6.58. The lowest BCUT2D eigenvalue weighted by molar-refractivity contribution is -0.139. The molecule has 0 saturated carbocycles. The maximum Gasteiger partial charge on any atom is 0.341 e. The van der Waals surface area contributed by atoms with Crippen molar-refractivity contribution in [3.8, 4) is 16.9 Å². The van der Waals surface area contributed by atoms with Gasteiger partial charge in [-0.3, -0.25) is 0 Å². The molecule has 23 heavy (non-hydrogen) atoms. The predicted molar refractivity (Wildman–Crippen MR) is 86.2 cm³/mol. The molecule has 0 fully saturated rings. The van der Waals surface area contributed by atoms with Gasteiger partial charge in [-0.05, 0) is 41.5 Å². The smallest absolute Gasteiger partial charge is 0.341 e. The number of carboxylic acids is 1. The third kappa shape index (κ3) is 3.09. The Kier molecular flexibility index (Phi) is 3.87. The van der Waals surface area contributed by atoms with Gasteiger partial charge in [-0.25, -0.2) is 13.2 Å². The number of fused-ring (bicyclic) bond motifs is 1. The van der Waals surface area contributed by atoms with Gasteiger partial charge < -0.3 is 9.84 Å². The number of hydrogen-bond acceptors (Lipinski definition) is 4. The second-order valence-corrected chi connectivity index (χ2v) is 7.16. The van der Waals surface area contributed by atoms with E-state index < -0.39 is 22.4 Å². The number of sulfone groups is 1. The van der Waals surface area contributed by atoms with Gasteiger partial charge in [0.15, 0.2) is 16.4 Å². The molecule has 0 radical (unpaired) electrons. The number of aliphatic carboxylic acids is 1. The van der Waals surface area contributed by atoms with Crippen LogP contribution in [-0.4, -0.2) is 26.1 Å². The van der Waals surface area contributed by atoms with Gasteiger partial charge in [0.1, 0.15) is 5.75 Å². The molecule has 7 heteroatoms. The van der Waals surface area contributed by atoms with Crippen molar-refractivity contribution in [2.45, 2.75) is 4.90 Å². The minimum Gasteiger partial charge on any atom is -0.481 e. The van der Waals surface area contributed by atoms with Gasteiger partial charge in [-0.2, -0.15) is 0 Å². The zero-order chi connectivity index (χ0) is 16.6. The van der Waals surface area contributed by atoms with Crippen molar-refractivity contribution < 1.29 is 23.1 Å². The molecular weight excluding hydrogens is 340 g/mol. The Morgan fingerprint density at radius 1 is 1.17 bits per heavy atom. The molecule has 1 aliphatic rings. The number of rotatable bonds is 4. The second kappa shape index (κ2) is 5.72. The third-order valence-corrected chi connectivity index (χ3v) is 5.05. The van der Waals surface area contributed by atoms with Gasteiger partial charge in [-0.1, -0.05) is 23.7 Å². The number of ether oxygens (including phenoxy) is 1. The van der Waals surface area contributed by atoms with Crippen LogP contribution in [-0.2, 0) is 14.6 Å². The monoisotopic (exact) mass is 350 g/mol. The summed E-state index contributed by atoms with van der Waals surface area (Å²) in [5.74, 6) is -0.785. The molecule has 2 aromatic rings. The van der Waals surface area contributed by atoms with E-state index in [1.165, 1.54) is 12.1 Å². The lowest BCUT2D eigenvalue weighted by Gasteiger charge is -2.12. The Morgan fingerprint density at radius 2 is 1.96 bits per heavy atom. The maximum absolute atomic E-state index is 12.0. The largest absolute Gasteiger partial charge is 0.481 e. The number of benzene rings is 2. The zero-order valence-corrected chi connectivity index (χ0v) is 13.3. The molecule has 0 aromatic heterocycles. The van der Waals surface area contributed by atoms with Crippen molar-refractivity contribution in [2.75, 3.05) is 6.61 Å². The fourth-order valence-corrected chi connectivity index (χ4v) is 3.72. The van der Waals surface area contributed by atoms with Crippen LogP contribution >= 0.6 is 11.6 Å². The van der Waals surface area contributed by atoms with Gasteiger partial charge >= 0.3 is 5.97 Å². The van der Waals surface area contributed by atoms with Crippen LogP contribution in [0.4, 0.5) is 0 Å². The molecule has 3 rings (SSSR count). The summed E-state index contributed by atoms with van der Waals surface area (Å²) in [4.78, 5) is 10.9. The first-order valence-corrected chi connectivity index (χ1v) is 8.51. The van der Waals surface area contributed by atoms with Gasteiger partial charge in [-0.15, -0.1) is 0 Å². The van der Waals surface area contributed by atoms with Gasteiger partial charge in [0.25, 0.3) is 0 Å². The molecule has 0 saturated heterocycles. The topological polar surface area (TPSA) is 80.7 Å². The molecule has 1 N–H and O–H groups in total. The highest BCUT2D eigenvalue weighted by molar-refractivity contribution is 7.94. The summed E-state index contributed by atoms with van der Waals surface area (Å²) >= 11 is 6.00. The Bertz CT molecular complexity index is 931. The van der Waals surface area contributed by atoms with E-state index in [0.29, 0.717) is 27.5 Å². The van der Waals surface area contributed by atoms with E-state index in [9.17, 15) is 13.2 Å². The Labute approximate surface area is 137 Å². The van der Waals surface area contributed by atoms with Crippen molar-refractivity contribution in [2.24, 2.45) is 0 Å². The first kappa shape index (κ1) is 15.6.